The van der Waals surface area contributed by atoms with E-state index in [1.54, 1.807) is 26.8 Å². The van der Waals surface area contributed by atoms with Gasteiger partial charge >= 0.3 is 0 Å². The highest BCUT2D eigenvalue weighted by atomic mass is 35.5. The summed E-state index contributed by atoms with van der Waals surface area (Å²) < 4.78 is 0. The van der Waals surface area contributed by atoms with Crippen molar-refractivity contribution < 1.29 is 14.4 Å². The molecular formula is C14H13ClO3. The molecule has 0 saturated heterocycles. The third-order valence-electron chi connectivity index (χ3n) is 3.04. The Morgan fingerprint density at radius 1 is 1.11 bits per heavy atom. The maximum atomic E-state index is 12.2. The van der Waals surface area contributed by atoms with Crippen molar-refractivity contribution in [2.75, 3.05) is 0 Å². The molecule has 3 nitrogen and oxygen atoms in total. The molecule has 0 aliphatic heterocycles. The normalized spacial score (nSPS) is 19.0. The van der Waals surface area contributed by atoms with E-state index in [2.05, 4.69) is 0 Å². The van der Waals surface area contributed by atoms with Gasteiger partial charge in [-0.3, -0.25) is 14.4 Å². The van der Waals surface area contributed by atoms with Crippen molar-refractivity contribution in [1.82, 2.24) is 0 Å². The number of ketones is 3. The summed E-state index contributed by atoms with van der Waals surface area (Å²) in [7, 11) is 0. The van der Waals surface area contributed by atoms with Crippen LogP contribution in [0.3, 0.4) is 0 Å². The van der Waals surface area contributed by atoms with Crippen LogP contribution in [0.25, 0.3) is 0 Å². The second-order valence-electron chi connectivity index (χ2n) is 5.47. The van der Waals surface area contributed by atoms with Gasteiger partial charge in [0.2, 0.25) is 0 Å². The molecule has 0 amide bonds. The first kappa shape index (κ1) is 13.0. The van der Waals surface area contributed by atoms with E-state index in [0.717, 1.165) is 0 Å². The Hall–Kier alpha value is -1.48. The summed E-state index contributed by atoms with van der Waals surface area (Å²) in [5.41, 5.74) is -0.163. The first-order valence-electron chi connectivity index (χ1n) is 5.66. The molecule has 1 aromatic rings. The van der Waals surface area contributed by atoms with Crippen LogP contribution >= 0.6 is 11.6 Å². The van der Waals surface area contributed by atoms with E-state index < -0.39 is 22.9 Å². The lowest BCUT2D eigenvalue weighted by Gasteiger charge is -2.19. The van der Waals surface area contributed by atoms with E-state index in [4.69, 9.17) is 11.6 Å². The van der Waals surface area contributed by atoms with Crippen molar-refractivity contribution in [3.63, 3.8) is 0 Å². The maximum absolute atomic E-state index is 12.2. The molecule has 0 aromatic heterocycles. The van der Waals surface area contributed by atoms with Gasteiger partial charge in [0.25, 0.3) is 0 Å². The molecule has 1 unspecified atom stereocenters. The van der Waals surface area contributed by atoms with E-state index in [-0.39, 0.29) is 11.3 Å². The standard InChI is InChI=1S/C14H13ClO3/c1-14(2,3)13(18)10-11(16)8-5-4-7(15)6-9(8)12(10)17/h4-6,10H,1-3H3. The molecule has 0 bridgehead atoms. The minimum absolute atomic E-state index is 0.259. The van der Waals surface area contributed by atoms with Crippen LogP contribution < -0.4 is 0 Å². The Bertz CT molecular complexity index is 567. The number of benzene rings is 1. The molecule has 4 heteroatoms. The van der Waals surface area contributed by atoms with Crippen molar-refractivity contribution in [1.29, 1.82) is 0 Å². The van der Waals surface area contributed by atoms with Gasteiger partial charge in [-0.2, -0.15) is 0 Å². The molecule has 2 rings (SSSR count). The molecule has 0 N–H and O–H groups in total. The highest BCUT2D eigenvalue weighted by Crippen LogP contribution is 2.33. The number of hydrogen-bond acceptors (Lipinski definition) is 3. The van der Waals surface area contributed by atoms with Gasteiger partial charge in [-0.15, -0.1) is 0 Å². The summed E-state index contributed by atoms with van der Waals surface area (Å²) in [6.07, 6.45) is 0. The van der Waals surface area contributed by atoms with E-state index in [1.807, 2.05) is 0 Å². The summed E-state index contributed by atoms with van der Waals surface area (Å²) in [5, 5.41) is 0.388. The third-order valence-corrected chi connectivity index (χ3v) is 3.27. The average Bonchev–Trinajstić information content (AvgIpc) is 2.49. The second kappa shape index (κ2) is 4.02. The summed E-state index contributed by atoms with van der Waals surface area (Å²) in [5.74, 6) is -2.38. The Balaban J connectivity index is 2.50. The first-order valence-corrected chi connectivity index (χ1v) is 6.03. The summed E-state index contributed by atoms with van der Waals surface area (Å²) in [4.78, 5) is 36.4. The molecule has 0 saturated carbocycles. The van der Waals surface area contributed by atoms with Gasteiger partial charge in [-0.1, -0.05) is 32.4 Å². The zero-order chi connectivity index (χ0) is 13.7. The molecule has 0 spiro atoms. The van der Waals surface area contributed by atoms with Crippen LogP contribution in [0.4, 0.5) is 0 Å². The van der Waals surface area contributed by atoms with Crippen molar-refractivity contribution >= 4 is 29.0 Å². The Morgan fingerprint density at radius 3 is 2.22 bits per heavy atom. The molecular weight excluding hydrogens is 252 g/mol. The molecule has 0 heterocycles. The topological polar surface area (TPSA) is 51.2 Å². The number of rotatable bonds is 1. The van der Waals surface area contributed by atoms with Gasteiger partial charge in [-0.25, -0.2) is 0 Å². The first-order chi connectivity index (χ1) is 8.23. The van der Waals surface area contributed by atoms with Crippen molar-refractivity contribution in [2.24, 2.45) is 11.3 Å². The lowest BCUT2D eigenvalue weighted by Crippen LogP contribution is -2.34. The minimum atomic E-state index is -1.20. The van der Waals surface area contributed by atoms with E-state index in [0.29, 0.717) is 10.6 Å². The Morgan fingerprint density at radius 2 is 1.67 bits per heavy atom. The van der Waals surface area contributed by atoms with Crippen LogP contribution in [0.2, 0.25) is 5.02 Å². The average molecular weight is 265 g/mol. The fourth-order valence-corrected chi connectivity index (χ4v) is 2.21. The summed E-state index contributed by atoms with van der Waals surface area (Å²) in [6, 6.07) is 4.51. The third kappa shape index (κ3) is 1.89. The number of Topliss-reactive ketones (excluding diaryl/α,β-unsaturated/α-hetero) is 3. The van der Waals surface area contributed by atoms with Gasteiger partial charge in [0, 0.05) is 21.6 Å². The van der Waals surface area contributed by atoms with E-state index in [1.165, 1.54) is 12.1 Å². The van der Waals surface area contributed by atoms with Gasteiger partial charge in [0.05, 0.1) is 0 Å². The molecule has 0 radical (unpaired) electrons. The number of fused-ring (bicyclic) bond motifs is 1. The fourth-order valence-electron chi connectivity index (χ4n) is 2.04. The SMILES string of the molecule is CC(C)(C)C(=O)C1C(=O)c2ccc(Cl)cc2C1=O. The molecule has 1 aliphatic rings. The molecule has 94 valence electrons. The monoisotopic (exact) mass is 264 g/mol. The van der Waals surface area contributed by atoms with Crippen LogP contribution in [-0.2, 0) is 4.79 Å². The number of hydrogen-bond donors (Lipinski definition) is 0. The maximum Gasteiger partial charge on any atom is 0.181 e. The van der Waals surface area contributed by atoms with Crippen molar-refractivity contribution in [3.8, 4) is 0 Å². The van der Waals surface area contributed by atoms with Crippen molar-refractivity contribution in [3.05, 3.63) is 34.3 Å². The zero-order valence-corrected chi connectivity index (χ0v) is 11.2. The van der Waals surface area contributed by atoms with Crippen LogP contribution in [0, 0.1) is 11.3 Å². The second-order valence-corrected chi connectivity index (χ2v) is 5.90. The Labute approximate surface area is 110 Å². The van der Waals surface area contributed by atoms with E-state index >= 15 is 0 Å². The summed E-state index contributed by atoms with van der Waals surface area (Å²) >= 11 is 5.81. The number of halogens is 1. The van der Waals surface area contributed by atoms with Crippen LogP contribution in [0.5, 0.6) is 0 Å². The fraction of sp³-hybridized carbons (Fsp3) is 0.357. The van der Waals surface area contributed by atoms with Gasteiger partial charge in [0.1, 0.15) is 5.92 Å². The van der Waals surface area contributed by atoms with Crippen LogP contribution in [-0.4, -0.2) is 17.3 Å². The predicted octanol–water partition coefficient (Wildman–Crippen LogP) is 2.95. The molecule has 1 atom stereocenters. The van der Waals surface area contributed by atoms with Gasteiger partial charge < -0.3 is 0 Å². The van der Waals surface area contributed by atoms with Crippen LogP contribution in [0.1, 0.15) is 41.5 Å². The lowest BCUT2D eigenvalue weighted by atomic mass is 9.81. The molecule has 0 fully saturated rings. The number of carbonyl (C=O) groups is 3. The minimum Gasteiger partial charge on any atom is -0.298 e. The molecule has 1 aromatic carbocycles. The predicted molar refractivity (Wildman–Crippen MR) is 68.1 cm³/mol. The highest BCUT2D eigenvalue weighted by molar-refractivity contribution is 6.37. The zero-order valence-electron chi connectivity index (χ0n) is 10.4. The quantitative estimate of drug-likeness (QED) is 0.733. The number of carbonyl (C=O) groups excluding carboxylic acids is 3. The Kier molecular flexibility index (Phi) is 2.90. The molecule has 18 heavy (non-hydrogen) atoms. The van der Waals surface area contributed by atoms with E-state index in [9.17, 15) is 14.4 Å². The van der Waals surface area contributed by atoms with Gasteiger partial charge in [-0.05, 0) is 18.2 Å². The highest BCUT2D eigenvalue weighted by Gasteiger charge is 2.46. The van der Waals surface area contributed by atoms with Crippen LogP contribution in [0.15, 0.2) is 18.2 Å². The largest absolute Gasteiger partial charge is 0.298 e. The van der Waals surface area contributed by atoms with Crippen molar-refractivity contribution in [2.45, 2.75) is 20.8 Å². The van der Waals surface area contributed by atoms with Gasteiger partial charge in [0.15, 0.2) is 17.3 Å². The summed E-state index contributed by atoms with van der Waals surface area (Å²) in [6.45, 7) is 5.10. The lowest BCUT2D eigenvalue weighted by molar-refractivity contribution is -0.127. The molecule has 1 aliphatic carbocycles. The smallest absolute Gasteiger partial charge is 0.181 e.